The molecule has 0 bridgehead atoms. The first kappa shape index (κ1) is 16.9. The molecule has 0 radical (unpaired) electrons. The third-order valence-corrected chi connectivity index (χ3v) is 3.63. The SMILES string of the molecule is CCN(Cc1cccc(F)c1)C(=O)CN(C)c1ccccc1F. The molecular weight excluding hydrogens is 298 g/mol. The van der Waals surface area contributed by atoms with Crippen LogP contribution in [0.2, 0.25) is 0 Å². The van der Waals surface area contributed by atoms with Crippen molar-refractivity contribution < 1.29 is 13.6 Å². The molecule has 122 valence electrons. The maximum absolute atomic E-state index is 13.8. The van der Waals surface area contributed by atoms with Crippen LogP contribution >= 0.6 is 0 Å². The number of carbonyl (C=O) groups is 1. The van der Waals surface area contributed by atoms with Gasteiger partial charge in [0, 0.05) is 20.1 Å². The highest BCUT2D eigenvalue weighted by Crippen LogP contribution is 2.17. The van der Waals surface area contributed by atoms with Crippen LogP contribution in [0, 0.1) is 11.6 Å². The smallest absolute Gasteiger partial charge is 0.242 e. The molecule has 0 fully saturated rings. The predicted molar refractivity (Wildman–Crippen MR) is 87.2 cm³/mol. The van der Waals surface area contributed by atoms with E-state index in [1.807, 2.05) is 6.92 Å². The Morgan fingerprint density at radius 2 is 1.83 bits per heavy atom. The fourth-order valence-electron chi connectivity index (χ4n) is 2.38. The van der Waals surface area contributed by atoms with Crippen LogP contribution in [0.25, 0.3) is 0 Å². The molecule has 3 nitrogen and oxygen atoms in total. The molecule has 2 aromatic carbocycles. The van der Waals surface area contributed by atoms with Crippen LogP contribution in [0.3, 0.4) is 0 Å². The highest BCUT2D eigenvalue weighted by Gasteiger charge is 2.16. The summed E-state index contributed by atoms with van der Waals surface area (Å²) in [7, 11) is 1.67. The quantitative estimate of drug-likeness (QED) is 0.814. The van der Waals surface area contributed by atoms with E-state index in [0.29, 0.717) is 18.8 Å². The van der Waals surface area contributed by atoms with Crippen molar-refractivity contribution in [3.63, 3.8) is 0 Å². The van der Waals surface area contributed by atoms with Gasteiger partial charge in [-0.25, -0.2) is 8.78 Å². The third-order valence-electron chi connectivity index (χ3n) is 3.63. The monoisotopic (exact) mass is 318 g/mol. The number of nitrogens with zero attached hydrogens (tertiary/aromatic N) is 2. The van der Waals surface area contributed by atoms with Gasteiger partial charge in [-0.2, -0.15) is 0 Å². The van der Waals surface area contributed by atoms with Crippen LogP contribution in [0.5, 0.6) is 0 Å². The van der Waals surface area contributed by atoms with Gasteiger partial charge in [-0.1, -0.05) is 24.3 Å². The molecule has 0 spiro atoms. The Morgan fingerprint density at radius 3 is 2.48 bits per heavy atom. The van der Waals surface area contributed by atoms with E-state index >= 15 is 0 Å². The topological polar surface area (TPSA) is 23.6 Å². The molecule has 0 aliphatic heterocycles. The Morgan fingerprint density at radius 1 is 1.09 bits per heavy atom. The number of likely N-dealkylation sites (N-methyl/N-ethyl adjacent to an activating group) is 2. The van der Waals surface area contributed by atoms with Gasteiger partial charge in [0.2, 0.25) is 5.91 Å². The molecule has 0 aliphatic carbocycles. The summed E-state index contributed by atoms with van der Waals surface area (Å²) >= 11 is 0. The predicted octanol–water partition coefficient (Wildman–Crippen LogP) is 3.45. The van der Waals surface area contributed by atoms with E-state index in [-0.39, 0.29) is 24.1 Å². The maximum atomic E-state index is 13.8. The molecule has 5 heteroatoms. The first-order valence-corrected chi connectivity index (χ1v) is 7.49. The molecule has 23 heavy (non-hydrogen) atoms. The number of halogens is 2. The molecule has 0 atom stereocenters. The normalized spacial score (nSPS) is 10.4. The first-order valence-electron chi connectivity index (χ1n) is 7.49. The lowest BCUT2D eigenvalue weighted by Crippen LogP contribution is -2.38. The van der Waals surface area contributed by atoms with Crippen molar-refractivity contribution in [2.75, 3.05) is 25.0 Å². The Balaban J connectivity index is 2.04. The van der Waals surface area contributed by atoms with Crippen molar-refractivity contribution in [2.45, 2.75) is 13.5 Å². The van der Waals surface area contributed by atoms with Gasteiger partial charge in [0.1, 0.15) is 11.6 Å². The number of amides is 1. The summed E-state index contributed by atoms with van der Waals surface area (Å²) in [6.45, 7) is 2.75. The largest absolute Gasteiger partial charge is 0.363 e. The standard InChI is InChI=1S/C18H20F2N2O/c1-3-22(12-14-7-6-8-15(19)11-14)18(23)13-21(2)17-10-5-4-9-16(17)20/h4-11H,3,12-13H2,1-2H3. The van der Waals surface area contributed by atoms with E-state index in [2.05, 4.69) is 0 Å². The first-order chi connectivity index (χ1) is 11.0. The van der Waals surface area contributed by atoms with Gasteiger partial charge in [0.05, 0.1) is 12.2 Å². The number of carbonyl (C=O) groups excluding carboxylic acids is 1. The molecule has 2 aromatic rings. The zero-order valence-electron chi connectivity index (χ0n) is 13.3. The molecule has 1 amide bonds. The van der Waals surface area contributed by atoms with Crippen LogP contribution < -0.4 is 4.90 Å². The molecule has 0 aromatic heterocycles. The lowest BCUT2D eigenvalue weighted by molar-refractivity contribution is -0.130. The van der Waals surface area contributed by atoms with Crippen molar-refractivity contribution in [3.8, 4) is 0 Å². The van der Waals surface area contributed by atoms with Gasteiger partial charge in [0.15, 0.2) is 0 Å². The van der Waals surface area contributed by atoms with E-state index in [0.717, 1.165) is 5.56 Å². The van der Waals surface area contributed by atoms with E-state index in [1.54, 1.807) is 47.2 Å². The van der Waals surface area contributed by atoms with Gasteiger partial charge in [0.25, 0.3) is 0 Å². The lowest BCUT2D eigenvalue weighted by atomic mass is 10.2. The van der Waals surface area contributed by atoms with Gasteiger partial charge in [-0.15, -0.1) is 0 Å². The summed E-state index contributed by atoms with van der Waals surface area (Å²) < 4.78 is 27.0. The zero-order valence-corrected chi connectivity index (χ0v) is 13.3. The number of para-hydroxylation sites is 1. The van der Waals surface area contributed by atoms with Crippen molar-refractivity contribution >= 4 is 11.6 Å². The maximum Gasteiger partial charge on any atom is 0.242 e. The minimum Gasteiger partial charge on any atom is -0.363 e. The Kier molecular flexibility index (Phi) is 5.68. The summed E-state index contributed by atoms with van der Waals surface area (Å²) in [5.74, 6) is -0.826. The van der Waals surface area contributed by atoms with Crippen LogP contribution in [-0.2, 0) is 11.3 Å². The molecule has 0 heterocycles. The summed E-state index contributed by atoms with van der Waals surface area (Å²) in [6, 6.07) is 12.5. The summed E-state index contributed by atoms with van der Waals surface area (Å²) in [4.78, 5) is 15.6. The number of anilines is 1. The average Bonchev–Trinajstić information content (AvgIpc) is 2.52. The van der Waals surface area contributed by atoms with Crippen molar-refractivity contribution in [1.82, 2.24) is 4.90 Å². The molecule has 0 N–H and O–H groups in total. The van der Waals surface area contributed by atoms with Gasteiger partial charge < -0.3 is 9.80 Å². The molecule has 0 unspecified atom stereocenters. The zero-order chi connectivity index (χ0) is 16.8. The fourth-order valence-corrected chi connectivity index (χ4v) is 2.38. The average molecular weight is 318 g/mol. The van der Waals surface area contributed by atoms with Gasteiger partial charge in [-0.3, -0.25) is 4.79 Å². The third kappa shape index (κ3) is 4.52. The molecule has 0 saturated heterocycles. The lowest BCUT2D eigenvalue weighted by Gasteiger charge is -2.25. The molecule has 2 rings (SSSR count). The summed E-state index contributed by atoms with van der Waals surface area (Å²) in [5.41, 5.74) is 1.11. The molecule has 0 saturated carbocycles. The van der Waals surface area contributed by atoms with Crippen LogP contribution in [-0.4, -0.2) is 30.9 Å². The van der Waals surface area contributed by atoms with Crippen LogP contribution in [0.1, 0.15) is 12.5 Å². The van der Waals surface area contributed by atoms with Crippen LogP contribution in [0.4, 0.5) is 14.5 Å². The highest BCUT2D eigenvalue weighted by molar-refractivity contribution is 5.81. The Labute approximate surface area is 135 Å². The second-order valence-electron chi connectivity index (χ2n) is 5.35. The van der Waals surface area contributed by atoms with E-state index in [9.17, 15) is 13.6 Å². The second-order valence-corrected chi connectivity index (χ2v) is 5.35. The minimum atomic E-state index is -0.365. The van der Waals surface area contributed by atoms with Crippen LogP contribution in [0.15, 0.2) is 48.5 Å². The molecular formula is C18H20F2N2O. The highest BCUT2D eigenvalue weighted by atomic mass is 19.1. The second kappa shape index (κ2) is 7.72. The summed E-state index contributed by atoms with van der Waals surface area (Å²) in [5, 5.41) is 0. The number of hydrogen-bond acceptors (Lipinski definition) is 2. The van der Waals surface area contributed by atoms with Crippen molar-refractivity contribution in [3.05, 3.63) is 65.7 Å². The number of hydrogen-bond donors (Lipinski definition) is 0. The summed E-state index contributed by atoms with van der Waals surface area (Å²) in [6.07, 6.45) is 0. The van der Waals surface area contributed by atoms with E-state index < -0.39 is 0 Å². The fraction of sp³-hybridized carbons (Fsp3) is 0.278. The number of benzene rings is 2. The molecule has 0 aliphatic rings. The van der Waals surface area contributed by atoms with Crippen molar-refractivity contribution in [1.29, 1.82) is 0 Å². The van der Waals surface area contributed by atoms with E-state index in [1.165, 1.54) is 18.2 Å². The van der Waals surface area contributed by atoms with Gasteiger partial charge >= 0.3 is 0 Å². The Hall–Kier alpha value is -2.43. The number of rotatable bonds is 6. The van der Waals surface area contributed by atoms with Gasteiger partial charge in [-0.05, 0) is 36.8 Å². The van der Waals surface area contributed by atoms with E-state index in [4.69, 9.17) is 0 Å². The minimum absolute atomic E-state index is 0.0596. The Bertz CT molecular complexity index is 676. The van der Waals surface area contributed by atoms with Crippen molar-refractivity contribution in [2.24, 2.45) is 0 Å².